The van der Waals surface area contributed by atoms with Crippen LogP contribution in [0.2, 0.25) is 10.0 Å². The van der Waals surface area contributed by atoms with E-state index in [1.165, 1.54) is 18.2 Å². The summed E-state index contributed by atoms with van der Waals surface area (Å²) in [4.78, 5) is 12.8. The molecule has 30 heavy (non-hydrogen) atoms. The maximum absolute atomic E-state index is 13.2. The molecule has 0 spiro atoms. The SMILES string of the molecule is O=C(CN(Cc1ccc(Br)cc1)S(=O)(=O)c1ccccc1)Nc1ccc(Cl)c(Cl)c1. The first-order valence-electron chi connectivity index (χ1n) is 8.80. The van der Waals surface area contributed by atoms with Crippen molar-refractivity contribution in [3.05, 3.63) is 92.9 Å². The molecule has 0 aliphatic carbocycles. The van der Waals surface area contributed by atoms with E-state index in [1.807, 2.05) is 12.1 Å². The van der Waals surface area contributed by atoms with Gasteiger partial charge in [-0.05, 0) is 48.0 Å². The molecule has 0 aliphatic rings. The van der Waals surface area contributed by atoms with E-state index in [1.54, 1.807) is 42.5 Å². The fourth-order valence-corrected chi connectivity index (χ4v) is 4.66. The first kappa shape index (κ1) is 22.8. The van der Waals surface area contributed by atoms with Crippen LogP contribution in [-0.2, 0) is 21.4 Å². The Labute approximate surface area is 193 Å². The number of hydrogen-bond acceptors (Lipinski definition) is 3. The van der Waals surface area contributed by atoms with Crippen LogP contribution in [0.4, 0.5) is 5.69 Å². The molecular weight excluding hydrogens is 511 g/mol. The number of sulfonamides is 1. The zero-order valence-corrected chi connectivity index (χ0v) is 19.5. The third-order valence-corrected chi connectivity index (χ3v) is 7.25. The molecule has 1 N–H and O–H groups in total. The lowest BCUT2D eigenvalue weighted by atomic mass is 10.2. The average molecular weight is 528 g/mol. The number of amides is 1. The van der Waals surface area contributed by atoms with E-state index in [-0.39, 0.29) is 23.0 Å². The molecule has 0 fully saturated rings. The van der Waals surface area contributed by atoms with E-state index in [9.17, 15) is 13.2 Å². The zero-order valence-electron chi connectivity index (χ0n) is 15.6. The summed E-state index contributed by atoms with van der Waals surface area (Å²) in [6.45, 7) is -0.327. The van der Waals surface area contributed by atoms with Gasteiger partial charge < -0.3 is 5.32 Å². The van der Waals surface area contributed by atoms with Crippen molar-refractivity contribution < 1.29 is 13.2 Å². The molecule has 3 rings (SSSR count). The smallest absolute Gasteiger partial charge is 0.243 e. The Bertz CT molecular complexity index is 1140. The highest BCUT2D eigenvalue weighted by Gasteiger charge is 2.27. The highest BCUT2D eigenvalue weighted by atomic mass is 79.9. The van der Waals surface area contributed by atoms with Crippen LogP contribution < -0.4 is 5.32 Å². The number of nitrogens with one attached hydrogen (secondary N) is 1. The van der Waals surface area contributed by atoms with Gasteiger partial charge in [-0.2, -0.15) is 4.31 Å². The summed E-state index contributed by atoms with van der Waals surface area (Å²) in [5, 5.41) is 3.31. The van der Waals surface area contributed by atoms with Crippen LogP contribution in [-0.4, -0.2) is 25.2 Å². The average Bonchev–Trinajstić information content (AvgIpc) is 2.72. The molecule has 0 saturated carbocycles. The molecule has 5 nitrogen and oxygen atoms in total. The van der Waals surface area contributed by atoms with Crippen molar-refractivity contribution in [2.45, 2.75) is 11.4 Å². The number of halogens is 3. The lowest BCUT2D eigenvalue weighted by molar-refractivity contribution is -0.116. The second kappa shape index (κ2) is 9.94. The molecule has 0 radical (unpaired) electrons. The Morgan fingerprint density at radius 3 is 2.23 bits per heavy atom. The van der Waals surface area contributed by atoms with Gasteiger partial charge in [-0.15, -0.1) is 0 Å². The Morgan fingerprint density at radius 2 is 1.60 bits per heavy atom. The number of anilines is 1. The number of nitrogens with zero attached hydrogens (tertiary/aromatic N) is 1. The second-order valence-electron chi connectivity index (χ2n) is 6.39. The Hall–Kier alpha value is -1.90. The van der Waals surface area contributed by atoms with Crippen molar-refractivity contribution in [2.75, 3.05) is 11.9 Å². The van der Waals surface area contributed by atoms with E-state index < -0.39 is 15.9 Å². The molecule has 3 aromatic carbocycles. The zero-order chi connectivity index (χ0) is 21.7. The largest absolute Gasteiger partial charge is 0.325 e. The molecule has 0 bridgehead atoms. The van der Waals surface area contributed by atoms with Crippen LogP contribution in [0.3, 0.4) is 0 Å². The van der Waals surface area contributed by atoms with Gasteiger partial charge >= 0.3 is 0 Å². The fraction of sp³-hybridized carbons (Fsp3) is 0.0952. The highest BCUT2D eigenvalue weighted by molar-refractivity contribution is 9.10. The molecule has 0 heterocycles. The molecule has 1 amide bonds. The first-order valence-corrected chi connectivity index (χ1v) is 11.8. The standard InChI is InChI=1S/C21H17BrCl2N2O3S/c22-16-8-6-15(7-9-16)13-26(30(28,29)18-4-2-1-3-5-18)14-21(27)25-17-10-11-19(23)20(24)12-17/h1-12H,13-14H2,(H,25,27). The van der Waals surface area contributed by atoms with Crippen molar-refractivity contribution in [2.24, 2.45) is 0 Å². The molecule has 0 unspecified atom stereocenters. The molecule has 0 aromatic heterocycles. The minimum absolute atomic E-state index is 0.0410. The van der Waals surface area contributed by atoms with Crippen molar-refractivity contribution in [1.82, 2.24) is 4.31 Å². The number of carbonyl (C=O) groups excluding carboxylic acids is 1. The topological polar surface area (TPSA) is 66.5 Å². The molecule has 0 atom stereocenters. The van der Waals surface area contributed by atoms with Gasteiger partial charge in [0.05, 0.1) is 21.5 Å². The highest BCUT2D eigenvalue weighted by Crippen LogP contribution is 2.25. The van der Waals surface area contributed by atoms with E-state index in [0.29, 0.717) is 10.7 Å². The summed E-state index contributed by atoms with van der Waals surface area (Å²) in [6, 6.07) is 19.9. The van der Waals surface area contributed by atoms with Gasteiger partial charge in [-0.25, -0.2) is 8.42 Å². The summed E-state index contributed by atoms with van der Waals surface area (Å²) in [6.07, 6.45) is 0. The molecule has 0 saturated heterocycles. The molecular formula is C21H17BrCl2N2O3S. The number of carbonyl (C=O) groups is 1. The lowest BCUT2D eigenvalue weighted by Crippen LogP contribution is -2.37. The van der Waals surface area contributed by atoms with Crippen molar-refractivity contribution in [3.63, 3.8) is 0 Å². The van der Waals surface area contributed by atoms with Crippen LogP contribution in [0, 0.1) is 0 Å². The van der Waals surface area contributed by atoms with E-state index in [0.717, 1.165) is 14.3 Å². The first-order chi connectivity index (χ1) is 14.3. The summed E-state index contributed by atoms with van der Waals surface area (Å²) < 4.78 is 28.4. The monoisotopic (exact) mass is 526 g/mol. The second-order valence-corrected chi connectivity index (χ2v) is 10.1. The summed E-state index contributed by atoms with van der Waals surface area (Å²) in [5.41, 5.74) is 1.18. The Balaban J connectivity index is 1.85. The Morgan fingerprint density at radius 1 is 0.933 bits per heavy atom. The van der Waals surface area contributed by atoms with Gasteiger partial charge in [-0.3, -0.25) is 4.79 Å². The van der Waals surface area contributed by atoms with Crippen molar-refractivity contribution >= 4 is 60.7 Å². The van der Waals surface area contributed by atoms with Crippen LogP contribution in [0.5, 0.6) is 0 Å². The van der Waals surface area contributed by atoms with Crippen molar-refractivity contribution in [1.29, 1.82) is 0 Å². The lowest BCUT2D eigenvalue weighted by Gasteiger charge is -2.22. The van der Waals surface area contributed by atoms with Gasteiger partial charge in [0.2, 0.25) is 15.9 Å². The normalized spacial score (nSPS) is 11.5. The van der Waals surface area contributed by atoms with Crippen LogP contribution in [0.25, 0.3) is 0 Å². The van der Waals surface area contributed by atoms with Crippen LogP contribution >= 0.6 is 39.1 Å². The quantitative estimate of drug-likeness (QED) is 0.435. The van der Waals surface area contributed by atoms with Gasteiger partial charge in [0, 0.05) is 16.7 Å². The van der Waals surface area contributed by atoms with Gasteiger partial charge in [0.25, 0.3) is 0 Å². The van der Waals surface area contributed by atoms with Crippen molar-refractivity contribution in [3.8, 4) is 0 Å². The predicted octanol–water partition coefficient (Wildman–Crippen LogP) is 5.59. The minimum atomic E-state index is -3.90. The predicted molar refractivity (Wildman–Crippen MR) is 123 cm³/mol. The molecule has 9 heteroatoms. The summed E-state index contributed by atoms with van der Waals surface area (Å²) >= 11 is 15.2. The van der Waals surface area contributed by atoms with Gasteiger partial charge in [0.1, 0.15) is 0 Å². The van der Waals surface area contributed by atoms with E-state index in [2.05, 4.69) is 21.2 Å². The summed E-state index contributed by atoms with van der Waals surface area (Å²) in [7, 11) is -3.90. The van der Waals surface area contributed by atoms with Gasteiger partial charge in [-0.1, -0.05) is 69.5 Å². The van der Waals surface area contributed by atoms with Crippen LogP contribution in [0.1, 0.15) is 5.56 Å². The van der Waals surface area contributed by atoms with Gasteiger partial charge in [0.15, 0.2) is 0 Å². The third-order valence-electron chi connectivity index (χ3n) is 4.18. The third kappa shape index (κ3) is 5.83. The fourth-order valence-electron chi connectivity index (χ4n) is 2.70. The molecule has 156 valence electrons. The van der Waals surface area contributed by atoms with E-state index >= 15 is 0 Å². The number of benzene rings is 3. The maximum atomic E-state index is 13.2. The molecule has 3 aromatic rings. The van der Waals surface area contributed by atoms with Crippen LogP contribution in [0.15, 0.2) is 82.2 Å². The van der Waals surface area contributed by atoms with E-state index in [4.69, 9.17) is 23.2 Å². The Kier molecular flexibility index (Phi) is 7.55. The number of rotatable bonds is 7. The molecule has 0 aliphatic heterocycles. The number of hydrogen-bond donors (Lipinski definition) is 1. The minimum Gasteiger partial charge on any atom is -0.325 e. The summed E-state index contributed by atoms with van der Waals surface area (Å²) in [5.74, 6) is -0.495. The maximum Gasteiger partial charge on any atom is 0.243 e.